The van der Waals surface area contributed by atoms with Gasteiger partial charge in [-0.15, -0.1) is 0 Å². The van der Waals surface area contributed by atoms with Crippen molar-refractivity contribution in [3.8, 4) is 11.1 Å². The number of benzene rings is 3. The first-order valence-electron chi connectivity index (χ1n) is 8.86. The van der Waals surface area contributed by atoms with Crippen molar-refractivity contribution in [2.75, 3.05) is 11.9 Å². The van der Waals surface area contributed by atoms with Crippen molar-refractivity contribution in [1.82, 2.24) is 0 Å². The third kappa shape index (κ3) is 5.54. The number of hydrogen-bond donors (Lipinski definition) is 1. The molecule has 1 amide bonds. The first kappa shape index (κ1) is 18.4. The van der Waals surface area contributed by atoms with E-state index >= 15 is 0 Å². The number of esters is 1. The molecular weight excluding hydrogens is 338 g/mol. The van der Waals surface area contributed by atoms with Crippen LogP contribution in [0.25, 0.3) is 11.1 Å². The number of aryl methyl sites for hydroxylation is 1. The number of carbonyl (C=O) groups is 2. The lowest BCUT2D eigenvalue weighted by atomic mass is 10.0. The number of anilines is 1. The van der Waals surface area contributed by atoms with Crippen LogP contribution >= 0.6 is 0 Å². The predicted octanol–water partition coefficient (Wildman–Crippen LogP) is 4.47. The van der Waals surface area contributed by atoms with E-state index in [-0.39, 0.29) is 24.9 Å². The van der Waals surface area contributed by atoms with Crippen molar-refractivity contribution in [3.05, 3.63) is 90.5 Å². The van der Waals surface area contributed by atoms with Crippen LogP contribution in [0, 0.1) is 0 Å². The quantitative estimate of drug-likeness (QED) is 0.633. The number of carbonyl (C=O) groups excluding carboxylic acids is 2. The molecule has 0 spiro atoms. The fourth-order valence-electron chi connectivity index (χ4n) is 2.76. The molecule has 0 saturated heterocycles. The maximum Gasteiger partial charge on any atom is 0.306 e. The number of para-hydroxylation sites is 1. The van der Waals surface area contributed by atoms with E-state index in [1.54, 1.807) is 0 Å². The van der Waals surface area contributed by atoms with Crippen LogP contribution < -0.4 is 5.32 Å². The van der Waals surface area contributed by atoms with Crippen LogP contribution in [0.2, 0.25) is 0 Å². The molecule has 27 heavy (non-hydrogen) atoms. The van der Waals surface area contributed by atoms with E-state index in [0.717, 1.165) is 16.7 Å². The molecule has 0 aromatic heterocycles. The van der Waals surface area contributed by atoms with E-state index in [1.165, 1.54) is 0 Å². The van der Waals surface area contributed by atoms with Gasteiger partial charge in [-0.25, -0.2) is 0 Å². The van der Waals surface area contributed by atoms with Crippen LogP contribution in [-0.2, 0) is 20.7 Å². The van der Waals surface area contributed by atoms with Gasteiger partial charge in [-0.2, -0.15) is 0 Å². The normalized spacial score (nSPS) is 10.2. The summed E-state index contributed by atoms with van der Waals surface area (Å²) in [6, 6.07) is 27.1. The van der Waals surface area contributed by atoms with E-state index in [1.807, 2.05) is 84.9 Å². The van der Waals surface area contributed by atoms with Gasteiger partial charge in [0.15, 0.2) is 6.61 Å². The number of rotatable bonds is 7. The van der Waals surface area contributed by atoms with Gasteiger partial charge in [0.25, 0.3) is 5.91 Å². The van der Waals surface area contributed by atoms with Crippen LogP contribution in [0.3, 0.4) is 0 Å². The molecule has 0 aliphatic heterocycles. The van der Waals surface area contributed by atoms with E-state index < -0.39 is 0 Å². The van der Waals surface area contributed by atoms with E-state index in [9.17, 15) is 9.59 Å². The Morgan fingerprint density at radius 1 is 0.778 bits per heavy atom. The van der Waals surface area contributed by atoms with Crippen LogP contribution in [0.5, 0.6) is 0 Å². The minimum absolute atomic E-state index is 0.248. The molecule has 3 aromatic rings. The maximum absolute atomic E-state index is 12.2. The summed E-state index contributed by atoms with van der Waals surface area (Å²) in [6.07, 6.45) is 0.843. The number of amides is 1. The third-order valence-electron chi connectivity index (χ3n) is 4.11. The lowest BCUT2D eigenvalue weighted by Gasteiger charge is -2.11. The number of nitrogens with one attached hydrogen (secondary N) is 1. The van der Waals surface area contributed by atoms with E-state index in [2.05, 4.69) is 5.32 Å². The molecule has 0 heterocycles. The molecule has 0 radical (unpaired) electrons. The largest absolute Gasteiger partial charge is 0.456 e. The predicted molar refractivity (Wildman–Crippen MR) is 106 cm³/mol. The summed E-state index contributed by atoms with van der Waals surface area (Å²) in [7, 11) is 0. The Morgan fingerprint density at radius 3 is 2.15 bits per heavy atom. The van der Waals surface area contributed by atoms with E-state index in [0.29, 0.717) is 12.1 Å². The minimum atomic E-state index is -0.384. The fourth-order valence-corrected chi connectivity index (χ4v) is 2.76. The van der Waals surface area contributed by atoms with Crippen LogP contribution in [0.1, 0.15) is 12.0 Å². The summed E-state index contributed by atoms with van der Waals surface area (Å²) >= 11 is 0. The molecule has 3 aromatic carbocycles. The lowest BCUT2D eigenvalue weighted by molar-refractivity contribution is -0.147. The Morgan fingerprint density at radius 2 is 1.41 bits per heavy atom. The zero-order valence-corrected chi connectivity index (χ0v) is 14.9. The Bertz CT molecular complexity index is 892. The molecule has 4 nitrogen and oxygen atoms in total. The highest BCUT2D eigenvalue weighted by molar-refractivity contribution is 5.96. The second kappa shape index (κ2) is 9.34. The van der Waals surface area contributed by atoms with Crippen molar-refractivity contribution in [2.45, 2.75) is 12.8 Å². The smallest absolute Gasteiger partial charge is 0.306 e. The summed E-state index contributed by atoms with van der Waals surface area (Å²) in [5.41, 5.74) is 3.68. The Hall–Kier alpha value is -3.40. The Kier molecular flexibility index (Phi) is 6.36. The molecule has 136 valence electrons. The fraction of sp³-hybridized carbons (Fsp3) is 0.130. The van der Waals surface area contributed by atoms with Gasteiger partial charge >= 0.3 is 5.97 Å². The van der Waals surface area contributed by atoms with E-state index in [4.69, 9.17) is 4.74 Å². The second-order valence-corrected chi connectivity index (χ2v) is 6.11. The Balaban J connectivity index is 1.52. The summed E-state index contributed by atoms with van der Waals surface area (Å²) in [5.74, 6) is -0.739. The molecule has 0 aliphatic carbocycles. The highest BCUT2D eigenvalue weighted by atomic mass is 16.5. The first-order chi connectivity index (χ1) is 13.2. The molecule has 1 N–H and O–H groups in total. The summed E-state index contributed by atoms with van der Waals surface area (Å²) in [4.78, 5) is 24.0. The highest BCUT2D eigenvalue weighted by Crippen LogP contribution is 2.27. The maximum atomic E-state index is 12.2. The topological polar surface area (TPSA) is 55.4 Å². The second-order valence-electron chi connectivity index (χ2n) is 6.11. The van der Waals surface area contributed by atoms with Crippen LogP contribution in [0.15, 0.2) is 84.9 Å². The number of hydrogen-bond acceptors (Lipinski definition) is 3. The van der Waals surface area contributed by atoms with Crippen molar-refractivity contribution < 1.29 is 14.3 Å². The molecule has 0 saturated carbocycles. The van der Waals surface area contributed by atoms with Crippen molar-refractivity contribution in [2.24, 2.45) is 0 Å². The van der Waals surface area contributed by atoms with Crippen molar-refractivity contribution >= 4 is 17.6 Å². The SMILES string of the molecule is O=C(COC(=O)CCc1ccccc1)Nc1ccccc1-c1ccccc1. The van der Waals surface area contributed by atoms with Gasteiger partial charge < -0.3 is 10.1 Å². The van der Waals surface area contributed by atoms with Gasteiger partial charge in [0.05, 0.1) is 0 Å². The molecule has 0 unspecified atom stereocenters. The molecule has 0 bridgehead atoms. The summed E-state index contributed by atoms with van der Waals surface area (Å²) < 4.78 is 5.09. The molecule has 0 aliphatic rings. The van der Waals surface area contributed by atoms with Gasteiger partial charge in [-0.3, -0.25) is 9.59 Å². The zero-order valence-electron chi connectivity index (χ0n) is 14.9. The first-order valence-corrected chi connectivity index (χ1v) is 8.86. The average Bonchev–Trinajstić information content (AvgIpc) is 2.72. The minimum Gasteiger partial charge on any atom is -0.456 e. The van der Waals surface area contributed by atoms with Crippen molar-refractivity contribution in [3.63, 3.8) is 0 Å². The standard InChI is InChI=1S/C23H21NO3/c25-22(17-27-23(26)16-15-18-9-3-1-4-10-18)24-21-14-8-7-13-20(21)19-11-5-2-6-12-19/h1-14H,15-17H2,(H,24,25). The summed E-state index contributed by atoms with van der Waals surface area (Å²) in [5, 5.41) is 2.82. The van der Waals surface area contributed by atoms with Gasteiger partial charge in [-0.1, -0.05) is 78.9 Å². The zero-order chi connectivity index (χ0) is 18.9. The van der Waals surface area contributed by atoms with Gasteiger partial charge in [0.2, 0.25) is 0 Å². The third-order valence-corrected chi connectivity index (χ3v) is 4.11. The molecular formula is C23H21NO3. The lowest BCUT2D eigenvalue weighted by Crippen LogP contribution is -2.21. The van der Waals surface area contributed by atoms with Crippen LogP contribution in [-0.4, -0.2) is 18.5 Å². The molecule has 0 fully saturated rings. The van der Waals surface area contributed by atoms with Crippen molar-refractivity contribution in [1.29, 1.82) is 0 Å². The highest BCUT2D eigenvalue weighted by Gasteiger charge is 2.11. The Labute approximate surface area is 158 Å². The van der Waals surface area contributed by atoms with Crippen LogP contribution in [0.4, 0.5) is 5.69 Å². The van der Waals surface area contributed by atoms with Gasteiger partial charge in [0, 0.05) is 17.7 Å². The molecule has 0 atom stereocenters. The van der Waals surface area contributed by atoms with Gasteiger partial charge in [-0.05, 0) is 23.6 Å². The average molecular weight is 359 g/mol. The number of ether oxygens (including phenoxy) is 1. The molecule has 4 heteroatoms. The molecule has 3 rings (SSSR count). The van der Waals surface area contributed by atoms with Gasteiger partial charge in [0.1, 0.15) is 0 Å². The monoisotopic (exact) mass is 359 g/mol. The summed E-state index contributed by atoms with van der Waals surface area (Å²) in [6.45, 7) is -0.295.